The topological polar surface area (TPSA) is 35.5 Å². The second-order valence-corrected chi connectivity index (χ2v) is 7.38. The molecule has 2 saturated carbocycles. The van der Waals surface area contributed by atoms with Gasteiger partial charge in [0.1, 0.15) is 0 Å². The molecule has 3 heteroatoms. The van der Waals surface area contributed by atoms with Crippen LogP contribution in [0.2, 0.25) is 0 Å². The third-order valence-electron chi connectivity index (χ3n) is 6.63. The molecule has 0 spiro atoms. The normalized spacial score (nSPS) is 42.0. The first kappa shape index (κ1) is 14.8. The molecule has 2 N–H and O–H groups in total. The molecule has 0 radical (unpaired) electrons. The van der Waals surface area contributed by atoms with Crippen LogP contribution in [0.15, 0.2) is 0 Å². The lowest BCUT2D eigenvalue weighted by atomic mass is 9.84. The predicted molar refractivity (Wildman–Crippen MR) is 82.8 cm³/mol. The number of likely N-dealkylation sites (N-methyl/N-ethyl adjacent to an activating group) is 1. The third kappa shape index (κ3) is 2.65. The van der Waals surface area contributed by atoms with Crippen molar-refractivity contribution in [3.8, 4) is 0 Å². The van der Waals surface area contributed by atoms with E-state index in [1.807, 2.05) is 7.05 Å². The maximum Gasteiger partial charge on any atom is 0.0615 e. The van der Waals surface area contributed by atoms with Gasteiger partial charge in [-0.3, -0.25) is 0 Å². The first-order valence-corrected chi connectivity index (χ1v) is 8.83. The van der Waals surface area contributed by atoms with E-state index in [1.165, 1.54) is 64.5 Å². The molecule has 1 saturated heterocycles. The van der Waals surface area contributed by atoms with Crippen molar-refractivity contribution >= 4 is 0 Å². The van der Waals surface area contributed by atoms with E-state index in [1.54, 1.807) is 0 Å². The highest BCUT2D eigenvalue weighted by Crippen LogP contribution is 2.40. The fourth-order valence-corrected chi connectivity index (χ4v) is 5.28. The third-order valence-corrected chi connectivity index (χ3v) is 6.63. The maximum absolute atomic E-state index is 9.79. The first-order chi connectivity index (χ1) is 9.79. The summed E-state index contributed by atoms with van der Waals surface area (Å²) in [7, 11) is 2.03. The number of nitrogens with zero attached hydrogens (tertiary/aromatic N) is 1. The van der Waals surface area contributed by atoms with Gasteiger partial charge in [-0.2, -0.15) is 0 Å². The maximum atomic E-state index is 9.79. The van der Waals surface area contributed by atoms with Gasteiger partial charge in [0.2, 0.25) is 0 Å². The summed E-state index contributed by atoms with van der Waals surface area (Å²) >= 11 is 0. The molecule has 2 aliphatic carbocycles. The standard InChI is InChI=1S/C17H32N2O/c1-18-17(13-20)10-4-6-15(17)9-12-19-11-8-14-5-2-3-7-16(14)19/h14-16,18,20H,2-13H2,1H3. The van der Waals surface area contributed by atoms with E-state index in [0.717, 1.165) is 18.4 Å². The summed E-state index contributed by atoms with van der Waals surface area (Å²) in [5, 5.41) is 13.2. The van der Waals surface area contributed by atoms with Crippen LogP contribution in [0.25, 0.3) is 0 Å². The highest BCUT2D eigenvalue weighted by Gasteiger charge is 2.42. The van der Waals surface area contributed by atoms with Gasteiger partial charge in [-0.05, 0) is 70.5 Å². The van der Waals surface area contributed by atoms with Gasteiger partial charge in [0, 0.05) is 11.6 Å². The summed E-state index contributed by atoms with van der Waals surface area (Å²) in [6.45, 7) is 2.89. The van der Waals surface area contributed by atoms with Gasteiger partial charge in [0.05, 0.1) is 6.61 Å². The summed E-state index contributed by atoms with van der Waals surface area (Å²) in [4.78, 5) is 2.78. The SMILES string of the molecule is CNC1(CO)CCCC1CCN1CCC2CCCCC21. The summed E-state index contributed by atoms with van der Waals surface area (Å²) in [6, 6.07) is 0.892. The van der Waals surface area contributed by atoms with E-state index in [-0.39, 0.29) is 5.54 Å². The lowest BCUT2D eigenvalue weighted by Gasteiger charge is -2.36. The fraction of sp³-hybridized carbons (Fsp3) is 1.00. The number of likely N-dealkylation sites (tertiary alicyclic amines) is 1. The molecule has 20 heavy (non-hydrogen) atoms. The van der Waals surface area contributed by atoms with Gasteiger partial charge < -0.3 is 15.3 Å². The second-order valence-electron chi connectivity index (χ2n) is 7.38. The smallest absolute Gasteiger partial charge is 0.0615 e. The molecule has 3 aliphatic rings. The lowest BCUT2D eigenvalue weighted by Crippen LogP contribution is -2.50. The van der Waals surface area contributed by atoms with Crippen molar-refractivity contribution in [2.75, 3.05) is 26.7 Å². The summed E-state index contributed by atoms with van der Waals surface area (Å²) < 4.78 is 0. The van der Waals surface area contributed by atoms with E-state index in [4.69, 9.17) is 0 Å². The number of rotatable bonds is 5. The highest BCUT2D eigenvalue weighted by atomic mass is 16.3. The molecule has 0 aromatic rings. The van der Waals surface area contributed by atoms with E-state index in [2.05, 4.69) is 10.2 Å². The molecule has 4 unspecified atom stereocenters. The number of hydrogen-bond donors (Lipinski definition) is 2. The Balaban J connectivity index is 1.54. The number of aliphatic hydroxyl groups excluding tert-OH is 1. The quantitative estimate of drug-likeness (QED) is 0.812. The summed E-state index contributed by atoms with van der Waals surface area (Å²) in [5.74, 6) is 1.67. The minimum absolute atomic E-state index is 0.0195. The monoisotopic (exact) mass is 280 g/mol. The number of nitrogens with one attached hydrogen (secondary N) is 1. The minimum Gasteiger partial charge on any atom is -0.394 e. The van der Waals surface area contributed by atoms with Crippen LogP contribution in [0.3, 0.4) is 0 Å². The molecule has 0 aromatic carbocycles. The van der Waals surface area contributed by atoms with Crippen molar-refractivity contribution in [2.24, 2.45) is 11.8 Å². The van der Waals surface area contributed by atoms with E-state index in [9.17, 15) is 5.11 Å². The van der Waals surface area contributed by atoms with Crippen LogP contribution >= 0.6 is 0 Å². The predicted octanol–water partition coefficient (Wildman–Crippen LogP) is 2.39. The van der Waals surface area contributed by atoms with Crippen LogP contribution in [0.1, 0.15) is 57.8 Å². The molecule has 0 bridgehead atoms. The minimum atomic E-state index is 0.0195. The van der Waals surface area contributed by atoms with Gasteiger partial charge in [-0.25, -0.2) is 0 Å². The van der Waals surface area contributed by atoms with Crippen molar-refractivity contribution in [2.45, 2.75) is 69.4 Å². The van der Waals surface area contributed by atoms with Gasteiger partial charge in [0.15, 0.2) is 0 Å². The van der Waals surface area contributed by atoms with Gasteiger partial charge >= 0.3 is 0 Å². The molecule has 3 nitrogen and oxygen atoms in total. The van der Waals surface area contributed by atoms with E-state index >= 15 is 0 Å². The van der Waals surface area contributed by atoms with Crippen LogP contribution in [0, 0.1) is 11.8 Å². The Morgan fingerprint density at radius 3 is 2.80 bits per heavy atom. The molecular weight excluding hydrogens is 248 g/mol. The van der Waals surface area contributed by atoms with Crippen LogP contribution in [-0.2, 0) is 0 Å². The molecule has 4 atom stereocenters. The van der Waals surface area contributed by atoms with Crippen LogP contribution in [0.4, 0.5) is 0 Å². The van der Waals surface area contributed by atoms with Crippen LogP contribution in [0.5, 0.6) is 0 Å². The molecule has 1 heterocycles. The molecule has 1 aliphatic heterocycles. The largest absolute Gasteiger partial charge is 0.394 e. The molecular formula is C17H32N2O. The van der Waals surface area contributed by atoms with Gasteiger partial charge in [-0.1, -0.05) is 19.3 Å². The Hall–Kier alpha value is -0.120. The average Bonchev–Trinajstić information content (AvgIpc) is 3.09. The van der Waals surface area contributed by atoms with Crippen molar-refractivity contribution in [3.63, 3.8) is 0 Å². The van der Waals surface area contributed by atoms with Gasteiger partial charge in [0.25, 0.3) is 0 Å². The number of hydrogen-bond acceptors (Lipinski definition) is 3. The second kappa shape index (κ2) is 6.33. The van der Waals surface area contributed by atoms with Gasteiger partial charge in [-0.15, -0.1) is 0 Å². The zero-order valence-electron chi connectivity index (χ0n) is 13.1. The first-order valence-electron chi connectivity index (χ1n) is 8.83. The van der Waals surface area contributed by atoms with Crippen molar-refractivity contribution < 1.29 is 5.11 Å². The molecule has 3 fully saturated rings. The Morgan fingerprint density at radius 2 is 2.00 bits per heavy atom. The number of fused-ring (bicyclic) bond motifs is 1. The fourth-order valence-electron chi connectivity index (χ4n) is 5.28. The molecule has 116 valence electrons. The van der Waals surface area contributed by atoms with E-state index in [0.29, 0.717) is 12.5 Å². The molecule has 0 aromatic heterocycles. The Bertz CT molecular complexity index is 316. The van der Waals surface area contributed by atoms with Crippen molar-refractivity contribution in [1.29, 1.82) is 0 Å². The Labute approximate surface area is 124 Å². The number of aliphatic hydroxyl groups is 1. The zero-order valence-corrected chi connectivity index (χ0v) is 13.1. The van der Waals surface area contributed by atoms with Crippen molar-refractivity contribution in [1.82, 2.24) is 10.2 Å². The Morgan fingerprint density at radius 1 is 1.15 bits per heavy atom. The summed E-state index contributed by atoms with van der Waals surface area (Å²) in [5.41, 5.74) is 0.0195. The Kier molecular flexibility index (Phi) is 4.68. The van der Waals surface area contributed by atoms with E-state index < -0.39 is 0 Å². The average molecular weight is 280 g/mol. The lowest BCUT2D eigenvalue weighted by molar-refractivity contribution is 0.110. The zero-order chi connectivity index (χ0) is 14.0. The molecule has 3 rings (SSSR count). The molecule has 0 amide bonds. The van der Waals surface area contributed by atoms with Crippen molar-refractivity contribution in [3.05, 3.63) is 0 Å². The highest BCUT2D eigenvalue weighted by molar-refractivity contribution is 4.99. The van der Waals surface area contributed by atoms with Crippen LogP contribution < -0.4 is 5.32 Å². The summed E-state index contributed by atoms with van der Waals surface area (Å²) in [6.07, 6.45) is 12.2. The van der Waals surface area contributed by atoms with Crippen LogP contribution in [-0.4, -0.2) is 48.3 Å².